The highest BCUT2D eigenvalue weighted by Gasteiger charge is 2.26. The fraction of sp³-hybridized carbons (Fsp3) is 0.320. The smallest absolute Gasteiger partial charge is 0.342 e. The van der Waals surface area contributed by atoms with E-state index in [-0.39, 0.29) is 31.0 Å². The number of hydrogen-bond donors (Lipinski definition) is 1. The van der Waals surface area contributed by atoms with E-state index >= 15 is 0 Å². The number of carbonyl (C=O) groups is 2. The Bertz CT molecular complexity index is 1030. The molecular weight excluding hydrogens is 424 g/mol. The van der Waals surface area contributed by atoms with Crippen LogP contribution < -0.4 is 10.1 Å². The molecule has 1 saturated carbocycles. The monoisotopic (exact) mass is 450 g/mol. The van der Waals surface area contributed by atoms with Gasteiger partial charge < -0.3 is 14.8 Å². The van der Waals surface area contributed by atoms with Crippen LogP contribution in [0, 0.1) is 0 Å². The number of amides is 1. The highest BCUT2D eigenvalue weighted by molar-refractivity contribution is 7.15. The van der Waals surface area contributed by atoms with Crippen LogP contribution >= 0.6 is 11.3 Å². The minimum absolute atomic E-state index is 0.0655. The predicted octanol–water partition coefficient (Wildman–Crippen LogP) is 5.71. The van der Waals surface area contributed by atoms with Crippen molar-refractivity contribution in [3.8, 4) is 16.9 Å². The van der Waals surface area contributed by atoms with Crippen LogP contribution in [0.25, 0.3) is 11.1 Å². The largest absolute Gasteiger partial charge is 0.493 e. The highest BCUT2D eigenvalue weighted by Crippen LogP contribution is 2.37. The second-order valence-electron chi connectivity index (χ2n) is 7.71. The maximum atomic E-state index is 13.2. The van der Waals surface area contributed by atoms with E-state index in [2.05, 4.69) is 10.3 Å². The van der Waals surface area contributed by atoms with Crippen molar-refractivity contribution in [2.45, 2.75) is 44.6 Å². The third-order valence-corrected chi connectivity index (χ3v) is 6.30. The number of nitrogens with one attached hydrogen (secondary N) is 1. The Labute approximate surface area is 191 Å². The molecule has 6 nitrogen and oxygen atoms in total. The fourth-order valence-corrected chi connectivity index (χ4v) is 4.73. The van der Waals surface area contributed by atoms with Gasteiger partial charge in [-0.05, 0) is 55.5 Å². The van der Waals surface area contributed by atoms with Crippen LogP contribution in [0.1, 0.15) is 48.9 Å². The zero-order chi connectivity index (χ0) is 22.2. The summed E-state index contributed by atoms with van der Waals surface area (Å²) in [5.74, 6) is 0.115. The van der Waals surface area contributed by atoms with E-state index < -0.39 is 0 Å². The van der Waals surface area contributed by atoms with Crippen molar-refractivity contribution in [2.24, 2.45) is 0 Å². The van der Waals surface area contributed by atoms with Crippen molar-refractivity contribution in [3.63, 3.8) is 0 Å². The van der Waals surface area contributed by atoms with Gasteiger partial charge in [0.2, 0.25) is 5.91 Å². The number of anilines is 1. The summed E-state index contributed by atoms with van der Waals surface area (Å²) in [5, 5.41) is 5.27. The van der Waals surface area contributed by atoms with Crippen LogP contribution in [0.5, 0.6) is 5.75 Å². The van der Waals surface area contributed by atoms with Crippen molar-refractivity contribution in [1.82, 2.24) is 4.98 Å². The van der Waals surface area contributed by atoms with Gasteiger partial charge >= 0.3 is 5.97 Å². The van der Waals surface area contributed by atoms with Crippen molar-refractivity contribution >= 4 is 28.2 Å². The molecule has 32 heavy (non-hydrogen) atoms. The van der Waals surface area contributed by atoms with Crippen LogP contribution in [0.4, 0.5) is 5.00 Å². The normalized spacial score (nSPS) is 14.0. The number of esters is 1. The van der Waals surface area contributed by atoms with Gasteiger partial charge in [-0.25, -0.2) is 4.79 Å². The summed E-state index contributed by atoms with van der Waals surface area (Å²) >= 11 is 1.33. The van der Waals surface area contributed by atoms with Crippen molar-refractivity contribution in [3.05, 3.63) is 65.8 Å². The predicted molar refractivity (Wildman–Crippen MR) is 125 cm³/mol. The van der Waals surface area contributed by atoms with Crippen LogP contribution in [-0.4, -0.2) is 29.6 Å². The van der Waals surface area contributed by atoms with Crippen molar-refractivity contribution in [1.29, 1.82) is 0 Å². The lowest BCUT2D eigenvalue weighted by Crippen LogP contribution is -2.22. The number of carbonyl (C=O) groups excluding carboxylic acids is 2. The Kier molecular flexibility index (Phi) is 7.51. The topological polar surface area (TPSA) is 77.5 Å². The molecule has 0 atom stereocenters. The number of hydrogen-bond acceptors (Lipinski definition) is 6. The molecular formula is C25H26N2O4S. The van der Waals surface area contributed by atoms with E-state index in [0.29, 0.717) is 16.3 Å². The summed E-state index contributed by atoms with van der Waals surface area (Å²) in [5.41, 5.74) is 2.01. The van der Waals surface area contributed by atoms with Crippen molar-refractivity contribution in [2.75, 3.05) is 11.9 Å². The zero-order valence-corrected chi connectivity index (χ0v) is 18.6. The van der Waals surface area contributed by atoms with Gasteiger partial charge in [0, 0.05) is 23.3 Å². The Morgan fingerprint density at radius 2 is 1.78 bits per heavy atom. The Morgan fingerprint density at radius 3 is 2.53 bits per heavy atom. The first-order valence-corrected chi connectivity index (χ1v) is 11.8. The molecule has 0 aliphatic heterocycles. The molecule has 3 aromatic rings. The lowest BCUT2D eigenvalue weighted by atomic mass is 9.97. The van der Waals surface area contributed by atoms with Crippen LogP contribution in [0.3, 0.4) is 0 Å². The molecule has 2 heterocycles. The number of nitrogens with zero attached hydrogens (tertiary/aromatic N) is 1. The van der Waals surface area contributed by atoms with Crippen molar-refractivity contribution < 1.29 is 19.1 Å². The van der Waals surface area contributed by atoms with Gasteiger partial charge in [-0.1, -0.05) is 24.6 Å². The molecule has 0 spiro atoms. The van der Waals surface area contributed by atoms with Gasteiger partial charge in [-0.2, -0.15) is 0 Å². The maximum absolute atomic E-state index is 13.2. The number of aromatic nitrogens is 1. The van der Waals surface area contributed by atoms with Gasteiger partial charge in [-0.15, -0.1) is 11.3 Å². The van der Waals surface area contributed by atoms with Gasteiger partial charge in [0.15, 0.2) is 0 Å². The minimum atomic E-state index is -0.388. The number of thiophene rings is 1. The zero-order valence-electron chi connectivity index (χ0n) is 17.8. The van der Waals surface area contributed by atoms with Gasteiger partial charge in [0.1, 0.15) is 22.4 Å². The average Bonchev–Trinajstić information content (AvgIpc) is 3.24. The quantitative estimate of drug-likeness (QED) is 0.445. The summed E-state index contributed by atoms with van der Waals surface area (Å²) in [6.07, 6.45) is 8.58. The Morgan fingerprint density at radius 1 is 1.03 bits per heavy atom. The fourth-order valence-electron chi connectivity index (χ4n) is 3.76. The van der Waals surface area contributed by atoms with E-state index in [1.165, 1.54) is 17.8 Å². The molecule has 1 aliphatic carbocycles. The molecule has 0 radical (unpaired) electrons. The average molecular weight is 451 g/mol. The minimum Gasteiger partial charge on any atom is -0.493 e. The number of rotatable bonds is 8. The SMILES string of the molecule is O=C(CCOc1ccccc1)Nc1scc(-c2ccncc2)c1C(=O)OC1CCCCC1. The maximum Gasteiger partial charge on any atom is 0.342 e. The van der Waals surface area contributed by atoms with E-state index in [4.69, 9.17) is 9.47 Å². The summed E-state index contributed by atoms with van der Waals surface area (Å²) in [4.78, 5) is 29.8. The lowest BCUT2D eigenvalue weighted by molar-refractivity contribution is -0.116. The van der Waals surface area contributed by atoms with Crippen LogP contribution in [0.15, 0.2) is 60.2 Å². The van der Waals surface area contributed by atoms with Gasteiger partial charge in [0.05, 0.1) is 13.0 Å². The first-order valence-electron chi connectivity index (χ1n) is 10.9. The highest BCUT2D eigenvalue weighted by atomic mass is 32.1. The molecule has 1 aromatic carbocycles. The molecule has 1 aliphatic rings. The summed E-state index contributed by atoms with van der Waals surface area (Å²) < 4.78 is 11.4. The number of para-hydroxylation sites is 1. The number of pyridine rings is 1. The second-order valence-corrected chi connectivity index (χ2v) is 8.59. The van der Waals surface area contributed by atoms with Gasteiger partial charge in [-0.3, -0.25) is 9.78 Å². The third kappa shape index (κ3) is 5.73. The molecule has 1 amide bonds. The van der Waals surface area contributed by atoms with E-state index in [1.807, 2.05) is 47.8 Å². The molecule has 1 fully saturated rings. The summed E-state index contributed by atoms with van der Waals surface area (Å²) in [6.45, 7) is 0.250. The molecule has 0 unspecified atom stereocenters. The Hall–Kier alpha value is -3.19. The van der Waals surface area contributed by atoms with Crippen LogP contribution in [0.2, 0.25) is 0 Å². The molecule has 1 N–H and O–H groups in total. The van der Waals surface area contributed by atoms with E-state index in [1.54, 1.807) is 12.4 Å². The molecule has 166 valence electrons. The molecule has 0 bridgehead atoms. The standard InChI is InChI=1S/C25H26N2O4S/c28-22(13-16-30-19-7-3-1-4-8-19)27-24-23(25(29)31-20-9-5-2-6-10-20)21(17-32-24)18-11-14-26-15-12-18/h1,3-4,7-8,11-12,14-15,17,20H,2,5-6,9-10,13,16H2,(H,27,28). The first kappa shape index (κ1) is 22.0. The first-order chi connectivity index (χ1) is 15.7. The Balaban J connectivity index is 1.47. The molecule has 2 aromatic heterocycles. The van der Waals surface area contributed by atoms with E-state index in [0.717, 1.165) is 36.8 Å². The molecule has 7 heteroatoms. The molecule has 4 rings (SSSR count). The summed E-state index contributed by atoms with van der Waals surface area (Å²) in [6, 6.07) is 13.1. The lowest BCUT2D eigenvalue weighted by Gasteiger charge is -2.22. The third-order valence-electron chi connectivity index (χ3n) is 5.41. The van der Waals surface area contributed by atoms with Crippen LogP contribution in [-0.2, 0) is 9.53 Å². The number of benzene rings is 1. The second kappa shape index (κ2) is 10.9. The van der Waals surface area contributed by atoms with Gasteiger partial charge in [0.25, 0.3) is 0 Å². The molecule has 0 saturated heterocycles. The summed E-state index contributed by atoms with van der Waals surface area (Å²) in [7, 11) is 0. The number of ether oxygens (including phenoxy) is 2. The van der Waals surface area contributed by atoms with E-state index in [9.17, 15) is 9.59 Å².